The number of amides is 1. The van der Waals surface area contributed by atoms with Gasteiger partial charge in [0.2, 0.25) is 0 Å². The van der Waals surface area contributed by atoms with Crippen LogP contribution in [0, 0.1) is 13.8 Å². The highest BCUT2D eigenvalue weighted by Gasteiger charge is 2.13. The Morgan fingerprint density at radius 3 is 2.64 bits per heavy atom. The first kappa shape index (κ1) is 19.5. The maximum absolute atomic E-state index is 12.6. The van der Waals surface area contributed by atoms with E-state index in [-0.39, 0.29) is 12.5 Å². The van der Waals surface area contributed by atoms with E-state index in [1.165, 1.54) is 7.11 Å². The van der Waals surface area contributed by atoms with Crippen LogP contribution in [0.15, 0.2) is 42.5 Å². The van der Waals surface area contributed by atoms with Crippen molar-refractivity contribution in [3.05, 3.63) is 70.5 Å². The molecule has 0 bridgehead atoms. The van der Waals surface area contributed by atoms with Crippen LogP contribution in [0.5, 0.6) is 5.75 Å². The first-order valence-electron chi connectivity index (χ1n) is 8.49. The number of ether oxygens (including phenoxy) is 2. The lowest BCUT2D eigenvalue weighted by Gasteiger charge is -2.10. The average molecular weight is 397 g/mol. The van der Waals surface area contributed by atoms with Crippen molar-refractivity contribution >= 4 is 29.3 Å². The van der Waals surface area contributed by atoms with Crippen LogP contribution in [-0.4, -0.2) is 27.7 Å². The van der Waals surface area contributed by atoms with E-state index in [1.54, 1.807) is 49.4 Å². The summed E-state index contributed by atoms with van der Waals surface area (Å²) in [6.45, 7) is 3.96. The molecule has 0 saturated heterocycles. The molecule has 0 unspecified atom stereocenters. The Morgan fingerprint density at radius 1 is 1.11 bits per heavy atom. The maximum atomic E-state index is 12.6. The molecular formula is C20H19N3O4S. The van der Waals surface area contributed by atoms with Crippen LogP contribution >= 0.6 is 11.7 Å². The molecule has 1 aromatic heterocycles. The van der Waals surface area contributed by atoms with Gasteiger partial charge in [0.15, 0.2) is 0 Å². The zero-order valence-corrected chi connectivity index (χ0v) is 16.5. The number of rotatable bonds is 6. The maximum Gasteiger partial charge on any atom is 0.338 e. The Bertz CT molecular complexity index is 1020. The fourth-order valence-electron chi connectivity index (χ4n) is 2.49. The third-order valence-electron chi connectivity index (χ3n) is 4.12. The second-order valence-electron chi connectivity index (χ2n) is 6.09. The highest BCUT2D eigenvalue weighted by Crippen LogP contribution is 2.19. The highest BCUT2D eigenvalue weighted by molar-refractivity contribution is 6.99. The minimum atomic E-state index is -0.448. The average Bonchev–Trinajstić information content (AvgIpc) is 3.12. The van der Waals surface area contributed by atoms with Crippen molar-refractivity contribution in [1.82, 2.24) is 8.75 Å². The molecule has 2 aromatic carbocycles. The van der Waals surface area contributed by atoms with E-state index in [1.807, 2.05) is 6.92 Å². The van der Waals surface area contributed by atoms with E-state index in [0.29, 0.717) is 22.6 Å². The van der Waals surface area contributed by atoms with Crippen LogP contribution in [0.25, 0.3) is 0 Å². The fraction of sp³-hybridized carbons (Fsp3) is 0.200. The summed E-state index contributed by atoms with van der Waals surface area (Å²) in [5.41, 5.74) is 3.73. The van der Waals surface area contributed by atoms with Gasteiger partial charge in [-0.25, -0.2) is 4.79 Å². The zero-order valence-electron chi connectivity index (χ0n) is 15.7. The molecule has 0 aliphatic carbocycles. The molecule has 28 heavy (non-hydrogen) atoms. The van der Waals surface area contributed by atoms with E-state index < -0.39 is 5.97 Å². The molecule has 144 valence electrons. The van der Waals surface area contributed by atoms with Crippen LogP contribution in [0.4, 0.5) is 5.69 Å². The number of esters is 1. The second kappa shape index (κ2) is 8.62. The summed E-state index contributed by atoms with van der Waals surface area (Å²) in [6, 6.07) is 11.9. The van der Waals surface area contributed by atoms with E-state index in [0.717, 1.165) is 28.7 Å². The topological polar surface area (TPSA) is 90.4 Å². The van der Waals surface area contributed by atoms with Crippen LogP contribution in [0.2, 0.25) is 0 Å². The third kappa shape index (κ3) is 4.52. The van der Waals surface area contributed by atoms with Gasteiger partial charge < -0.3 is 14.8 Å². The number of hydrogen-bond acceptors (Lipinski definition) is 7. The van der Waals surface area contributed by atoms with Crippen LogP contribution in [0.1, 0.15) is 37.7 Å². The van der Waals surface area contributed by atoms with Gasteiger partial charge in [-0.2, -0.15) is 8.75 Å². The number of aryl methyl sites for hydroxylation is 2. The normalized spacial score (nSPS) is 10.4. The number of nitrogens with zero attached hydrogens (tertiary/aromatic N) is 2. The van der Waals surface area contributed by atoms with Crippen molar-refractivity contribution in [2.45, 2.75) is 20.5 Å². The van der Waals surface area contributed by atoms with E-state index in [2.05, 4.69) is 14.1 Å². The van der Waals surface area contributed by atoms with Crippen molar-refractivity contribution < 1.29 is 19.1 Å². The molecule has 0 fully saturated rings. The van der Waals surface area contributed by atoms with Gasteiger partial charge in [0.1, 0.15) is 18.1 Å². The number of nitrogens with one attached hydrogen (secondary N) is 1. The van der Waals surface area contributed by atoms with Gasteiger partial charge in [0.05, 0.1) is 30.1 Å². The first-order valence-corrected chi connectivity index (χ1v) is 9.22. The number of methoxy groups -OCH3 is 1. The minimum absolute atomic E-state index is 0.286. The molecule has 0 radical (unpaired) electrons. The predicted molar refractivity (Wildman–Crippen MR) is 106 cm³/mol. The highest BCUT2D eigenvalue weighted by atomic mass is 32.1. The van der Waals surface area contributed by atoms with E-state index in [4.69, 9.17) is 9.47 Å². The molecule has 3 rings (SSSR count). The van der Waals surface area contributed by atoms with E-state index in [9.17, 15) is 9.59 Å². The predicted octanol–water partition coefficient (Wildman–Crippen LogP) is 3.77. The smallest absolute Gasteiger partial charge is 0.338 e. The summed E-state index contributed by atoms with van der Waals surface area (Å²) in [5.74, 6) is -0.202. The summed E-state index contributed by atoms with van der Waals surface area (Å²) in [7, 11) is 1.32. The lowest BCUT2D eigenvalue weighted by molar-refractivity contribution is 0.0599. The molecule has 0 saturated carbocycles. The summed E-state index contributed by atoms with van der Waals surface area (Å²) in [5, 5.41) is 2.79. The lowest BCUT2D eigenvalue weighted by atomic mass is 10.1. The van der Waals surface area contributed by atoms with Gasteiger partial charge >= 0.3 is 5.97 Å². The quantitative estimate of drug-likeness (QED) is 0.637. The number of anilines is 1. The number of aromatic nitrogens is 2. The number of carbonyl (C=O) groups is 2. The minimum Gasteiger partial charge on any atom is -0.487 e. The molecule has 0 atom stereocenters. The lowest BCUT2D eigenvalue weighted by Crippen LogP contribution is -2.13. The number of hydrogen-bond donors (Lipinski definition) is 1. The van der Waals surface area contributed by atoms with Gasteiger partial charge in [0.25, 0.3) is 5.91 Å². The van der Waals surface area contributed by atoms with Crippen molar-refractivity contribution in [2.75, 3.05) is 12.4 Å². The van der Waals surface area contributed by atoms with Crippen molar-refractivity contribution in [3.63, 3.8) is 0 Å². The summed E-state index contributed by atoms with van der Waals surface area (Å²) >= 11 is 1.14. The Labute approximate surface area is 166 Å². The molecule has 1 amide bonds. The van der Waals surface area contributed by atoms with E-state index >= 15 is 0 Å². The van der Waals surface area contributed by atoms with Gasteiger partial charge in [-0.1, -0.05) is 12.1 Å². The molecule has 0 aliphatic heterocycles. The third-order valence-corrected chi connectivity index (χ3v) is 4.78. The fourth-order valence-corrected chi connectivity index (χ4v) is 3.04. The van der Waals surface area contributed by atoms with Gasteiger partial charge in [-0.3, -0.25) is 4.79 Å². The molecule has 8 heteroatoms. The van der Waals surface area contributed by atoms with Gasteiger partial charge in [0, 0.05) is 11.3 Å². The molecule has 0 spiro atoms. The second-order valence-corrected chi connectivity index (χ2v) is 6.62. The molecule has 0 aliphatic rings. The summed E-state index contributed by atoms with van der Waals surface area (Å²) < 4.78 is 18.8. The van der Waals surface area contributed by atoms with Gasteiger partial charge in [-0.05, 0) is 49.7 Å². The Morgan fingerprint density at radius 2 is 1.93 bits per heavy atom. The first-order chi connectivity index (χ1) is 13.5. The largest absolute Gasteiger partial charge is 0.487 e. The summed E-state index contributed by atoms with van der Waals surface area (Å²) in [4.78, 5) is 24.4. The standard InChI is InChI=1S/C20H19N3O4S/c1-12-7-8-15(10-17(12)20(25)26-3)21-19(24)14-5-4-6-16(9-14)27-11-18-13(2)22-28-23-18/h4-10H,11H2,1-3H3,(H,21,24). The zero-order chi connectivity index (χ0) is 20.1. The Kier molecular flexibility index (Phi) is 6.00. The molecule has 1 heterocycles. The molecule has 7 nitrogen and oxygen atoms in total. The molecule has 1 N–H and O–H groups in total. The van der Waals surface area contributed by atoms with Crippen molar-refractivity contribution in [1.29, 1.82) is 0 Å². The Hall–Kier alpha value is -3.26. The van der Waals surface area contributed by atoms with Crippen LogP contribution in [0.3, 0.4) is 0 Å². The number of carbonyl (C=O) groups excluding carboxylic acids is 2. The number of benzene rings is 2. The van der Waals surface area contributed by atoms with Gasteiger partial charge in [-0.15, -0.1) is 0 Å². The molecular weight excluding hydrogens is 378 g/mol. The molecule has 3 aromatic rings. The Balaban J connectivity index is 1.71. The van der Waals surface area contributed by atoms with Crippen LogP contribution < -0.4 is 10.1 Å². The van der Waals surface area contributed by atoms with Crippen LogP contribution in [-0.2, 0) is 11.3 Å². The monoisotopic (exact) mass is 397 g/mol. The summed E-state index contributed by atoms with van der Waals surface area (Å²) in [6.07, 6.45) is 0. The van der Waals surface area contributed by atoms with Crippen molar-refractivity contribution in [2.24, 2.45) is 0 Å². The SMILES string of the molecule is COC(=O)c1cc(NC(=O)c2cccc(OCc3nsnc3C)c2)ccc1C. The van der Waals surface area contributed by atoms with Crippen molar-refractivity contribution in [3.8, 4) is 5.75 Å².